The summed E-state index contributed by atoms with van der Waals surface area (Å²) >= 11 is 8.76. The van der Waals surface area contributed by atoms with Crippen molar-refractivity contribution in [1.82, 2.24) is 5.43 Å². The number of nitrogens with two attached hydrogens (primary N) is 1. The predicted octanol–water partition coefficient (Wildman–Crippen LogP) is 4.64. The minimum Gasteiger partial charge on any atom is -0.271 e. The zero-order chi connectivity index (χ0) is 14.0. The Morgan fingerprint density at radius 2 is 1.95 bits per heavy atom. The van der Waals surface area contributed by atoms with Crippen molar-refractivity contribution in [2.75, 3.05) is 0 Å². The van der Waals surface area contributed by atoms with Crippen molar-refractivity contribution >= 4 is 43.2 Å². The van der Waals surface area contributed by atoms with Crippen LogP contribution in [0.3, 0.4) is 0 Å². The van der Waals surface area contributed by atoms with Gasteiger partial charge in [-0.25, -0.2) is 0 Å². The molecule has 1 unspecified atom stereocenters. The fourth-order valence-electron chi connectivity index (χ4n) is 2.02. The summed E-state index contributed by atoms with van der Waals surface area (Å²) in [6.45, 7) is 4.27. The monoisotopic (exact) mass is 402 g/mol. The Hall–Kier alpha value is -0.200. The molecule has 1 heterocycles. The van der Waals surface area contributed by atoms with Crippen LogP contribution in [0, 0.1) is 13.8 Å². The minimum atomic E-state index is 0.110. The summed E-state index contributed by atoms with van der Waals surface area (Å²) in [5.41, 5.74) is 8.03. The highest BCUT2D eigenvalue weighted by Gasteiger charge is 2.16. The van der Waals surface area contributed by atoms with Crippen LogP contribution in [0.1, 0.15) is 28.3 Å². The fourth-order valence-corrected chi connectivity index (χ4v) is 4.99. The summed E-state index contributed by atoms with van der Waals surface area (Å²) in [5, 5.41) is 0. The van der Waals surface area contributed by atoms with Crippen molar-refractivity contribution in [3.8, 4) is 0 Å². The summed E-state index contributed by atoms with van der Waals surface area (Å²) < 4.78 is 2.22. The lowest BCUT2D eigenvalue weighted by atomic mass is 9.98. The van der Waals surface area contributed by atoms with Gasteiger partial charge in [-0.15, -0.1) is 11.3 Å². The third-order valence-electron chi connectivity index (χ3n) is 3.27. The molecule has 1 atom stereocenters. The van der Waals surface area contributed by atoms with Gasteiger partial charge in [0.2, 0.25) is 0 Å². The van der Waals surface area contributed by atoms with Gasteiger partial charge in [0, 0.05) is 0 Å². The fraction of sp³-hybridized carbons (Fsp3) is 0.286. The first-order valence-corrected chi connectivity index (χ1v) is 8.38. The van der Waals surface area contributed by atoms with E-state index >= 15 is 0 Å². The number of halogens is 2. The van der Waals surface area contributed by atoms with E-state index in [1.165, 1.54) is 22.3 Å². The molecule has 2 aromatic rings. The number of hydrazine groups is 1. The van der Waals surface area contributed by atoms with Crippen LogP contribution >= 0.6 is 43.2 Å². The number of hydrogen-bond acceptors (Lipinski definition) is 3. The summed E-state index contributed by atoms with van der Waals surface area (Å²) in [5.74, 6) is 5.72. The minimum absolute atomic E-state index is 0.110. The Morgan fingerprint density at radius 1 is 1.21 bits per heavy atom. The molecule has 0 fully saturated rings. The molecule has 3 N–H and O–H groups in total. The molecule has 0 radical (unpaired) electrons. The van der Waals surface area contributed by atoms with Gasteiger partial charge in [-0.3, -0.25) is 11.3 Å². The van der Waals surface area contributed by atoms with Crippen molar-refractivity contribution in [2.45, 2.75) is 26.3 Å². The largest absolute Gasteiger partial charge is 0.271 e. The summed E-state index contributed by atoms with van der Waals surface area (Å²) in [6, 6.07) is 8.78. The first kappa shape index (κ1) is 15.2. The molecule has 0 aliphatic heterocycles. The maximum absolute atomic E-state index is 5.72. The van der Waals surface area contributed by atoms with Crippen LogP contribution in [0.15, 0.2) is 31.8 Å². The molecule has 0 bridgehead atoms. The van der Waals surface area contributed by atoms with Crippen LogP contribution in [0.2, 0.25) is 0 Å². The van der Waals surface area contributed by atoms with Crippen molar-refractivity contribution < 1.29 is 0 Å². The molecule has 2 nitrogen and oxygen atoms in total. The highest BCUT2D eigenvalue weighted by atomic mass is 79.9. The first-order valence-electron chi connectivity index (χ1n) is 5.98. The Labute approximate surface area is 134 Å². The molecule has 1 aromatic carbocycles. The second kappa shape index (κ2) is 6.50. The van der Waals surface area contributed by atoms with Crippen LogP contribution < -0.4 is 11.3 Å². The molecule has 0 saturated heterocycles. The van der Waals surface area contributed by atoms with Crippen LogP contribution in [-0.2, 0) is 6.42 Å². The summed E-state index contributed by atoms with van der Waals surface area (Å²) in [6.07, 6.45) is 0.874. The third kappa shape index (κ3) is 3.67. The van der Waals surface area contributed by atoms with Crippen LogP contribution in [-0.4, -0.2) is 0 Å². The number of rotatable bonds is 4. The van der Waals surface area contributed by atoms with E-state index in [-0.39, 0.29) is 6.04 Å². The third-order valence-corrected chi connectivity index (χ3v) is 5.66. The molecule has 0 aliphatic rings. The topological polar surface area (TPSA) is 38.0 Å². The molecule has 2 rings (SSSR count). The molecule has 0 spiro atoms. The molecular weight excluding hydrogens is 388 g/mol. The van der Waals surface area contributed by atoms with Gasteiger partial charge in [-0.1, -0.05) is 18.2 Å². The molecule has 19 heavy (non-hydrogen) atoms. The van der Waals surface area contributed by atoms with E-state index in [1.54, 1.807) is 11.3 Å². The Balaban J connectivity index is 2.23. The normalized spacial score (nSPS) is 12.7. The van der Waals surface area contributed by atoms with Crippen LogP contribution in [0.5, 0.6) is 0 Å². The van der Waals surface area contributed by atoms with Crippen LogP contribution in [0.25, 0.3) is 0 Å². The standard InChI is InChI=1S/C14H16Br2N2S/c1-8-3-4-10(5-9(8)2)6-12(18-17)11-7-13(15)19-14(11)16/h3-5,7,12,18H,6,17H2,1-2H3. The second-order valence-corrected chi connectivity index (χ2v) is 8.37. The van der Waals surface area contributed by atoms with Gasteiger partial charge in [-0.2, -0.15) is 0 Å². The van der Waals surface area contributed by atoms with Crippen molar-refractivity contribution in [2.24, 2.45) is 5.84 Å². The van der Waals surface area contributed by atoms with E-state index in [4.69, 9.17) is 5.84 Å². The number of hydrogen-bond donors (Lipinski definition) is 2. The molecule has 102 valence electrons. The Bertz CT molecular complexity index is 581. The lowest BCUT2D eigenvalue weighted by molar-refractivity contribution is 0.551. The lowest BCUT2D eigenvalue weighted by Gasteiger charge is -2.16. The summed E-state index contributed by atoms with van der Waals surface area (Å²) in [7, 11) is 0. The average molecular weight is 404 g/mol. The SMILES string of the molecule is Cc1ccc(CC(NN)c2cc(Br)sc2Br)cc1C. The number of aryl methyl sites for hydroxylation is 2. The Kier molecular flexibility index (Phi) is 5.20. The number of benzene rings is 1. The smallest absolute Gasteiger partial charge is 0.0758 e. The van der Waals surface area contributed by atoms with E-state index in [0.29, 0.717) is 0 Å². The maximum atomic E-state index is 5.72. The second-order valence-electron chi connectivity index (χ2n) is 4.62. The lowest BCUT2D eigenvalue weighted by Crippen LogP contribution is -2.29. The molecule has 0 amide bonds. The predicted molar refractivity (Wildman–Crippen MR) is 89.4 cm³/mol. The van der Waals surface area contributed by atoms with Crippen molar-refractivity contribution in [1.29, 1.82) is 0 Å². The first-order chi connectivity index (χ1) is 9.01. The molecule has 0 saturated carbocycles. The average Bonchev–Trinajstić information content (AvgIpc) is 2.70. The van der Waals surface area contributed by atoms with Gasteiger partial charge in [0.05, 0.1) is 13.6 Å². The van der Waals surface area contributed by atoms with Gasteiger partial charge in [-0.05, 0) is 80.4 Å². The van der Waals surface area contributed by atoms with E-state index < -0.39 is 0 Å². The van der Waals surface area contributed by atoms with Crippen molar-refractivity contribution in [3.05, 3.63) is 54.1 Å². The zero-order valence-electron chi connectivity index (χ0n) is 10.8. The number of thiophene rings is 1. The van der Waals surface area contributed by atoms with E-state index in [9.17, 15) is 0 Å². The number of nitrogens with one attached hydrogen (secondary N) is 1. The van der Waals surface area contributed by atoms with Crippen molar-refractivity contribution in [3.63, 3.8) is 0 Å². The zero-order valence-corrected chi connectivity index (χ0v) is 14.8. The van der Waals surface area contributed by atoms with Gasteiger partial charge in [0.25, 0.3) is 0 Å². The van der Waals surface area contributed by atoms with Gasteiger partial charge in [0.15, 0.2) is 0 Å². The highest BCUT2D eigenvalue weighted by molar-refractivity contribution is 9.12. The van der Waals surface area contributed by atoms with E-state index in [2.05, 4.69) is 75.4 Å². The van der Waals surface area contributed by atoms with Gasteiger partial charge < -0.3 is 0 Å². The van der Waals surface area contributed by atoms with E-state index in [1.807, 2.05) is 0 Å². The highest BCUT2D eigenvalue weighted by Crippen LogP contribution is 2.36. The molecule has 5 heteroatoms. The van der Waals surface area contributed by atoms with Crippen LogP contribution in [0.4, 0.5) is 0 Å². The van der Waals surface area contributed by atoms with Gasteiger partial charge >= 0.3 is 0 Å². The van der Waals surface area contributed by atoms with E-state index in [0.717, 1.165) is 14.0 Å². The van der Waals surface area contributed by atoms with Gasteiger partial charge in [0.1, 0.15) is 0 Å². The molecule has 0 aliphatic carbocycles. The summed E-state index contributed by atoms with van der Waals surface area (Å²) in [4.78, 5) is 0. The Morgan fingerprint density at radius 3 is 2.47 bits per heavy atom. The molecule has 1 aromatic heterocycles. The quantitative estimate of drug-likeness (QED) is 0.576. The molecular formula is C14H16Br2N2S. The maximum Gasteiger partial charge on any atom is 0.0758 e.